The number of nitrogens with zero attached hydrogens (tertiary/aromatic N) is 2. The largest absolute Gasteiger partial charge is 0.493 e. The molecule has 3 aromatic rings. The predicted molar refractivity (Wildman–Crippen MR) is 129 cm³/mol. The average molecular weight is 462 g/mol. The van der Waals surface area contributed by atoms with Gasteiger partial charge in [-0.2, -0.15) is 0 Å². The number of carbonyl (C=O) groups is 3. The molecule has 0 spiro atoms. The fourth-order valence-electron chi connectivity index (χ4n) is 4.15. The summed E-state index contributed by atoms with van der Waals surface area (Å²) in [4.78, 5) is 39.3. The highest BCUT2D eigenvalue weighted by Crippen LogP contribution is 2.28. The minimum atomic E-state index is -0.721. The Kier molecular flexibility index (Phi) is 6.67. The number of hydrogen-bond acceptors (Lipinski definition) is 5. The van der Waals surface area contributed by atoms with Crippen molar-refractivity contribution in [2.45, 2.75) is 26.3 Å². The Morgan fingerprint density at radius 3 is 2.47 bits per heavy atom. The number of aryl methyl sites for hydroxylation is 1. The highest BCUT2D eigenvalue weighted by molar-refractivity contribution is 6.31. The number of benzene rings is 2. The first-order valence-corrected chi connectivity index (χ1v) is 11.1. The van der Waals surface area contributed by atoms with Crippen molar-refractivity contribution in [3.8, 4) is 11.5 Å². The Morgan fingerprint density at radius 1 is 0.971 bits per heavy atom. The van der Waals surface area contributed by atoms with E-state index in [0.717, 1.165) is 39.9 Å². The van der Waals surface area contributed by atoms with Gasteiger partial charge in [-0.1, -0.05) is 31.2 Å². The van der Waals surface area contributed by atoms with E-state index in [9.17, 15) is 14.4 Å². The molecule has 176 valence electrons. The van der Waals surface area contributed by atoms with Crippen molar-refractivity contribution in [2.75, 3.05) is 20.8 Å². The van der Waals surface area contributed by atoms with Crippen molar-refractivity contribution >= 4 is 34.8 Å². The van der Waals surface area contributed by atoms with Crippen LogP contribution in [0.2, 0.25) is 0 Å². The van der Waals surface area contributed by atoms with Gasteiger partial charge in [0.1, 0.15) is 5.57 Å². The monoisotopic (exact) mass is 461 g/mol. The highest BCUT2D eigenvalue weighted by atomic mass is 16.5. The maximum Gasteiger partial charge on any atom is 0.331 e. The first-order chi connectivity index (χ1) is 16.5. The van der Waals surface area contributed by atoms with Gasteiger partial charge in [-0.25, -0.2) is 4.79 Å². The van der Waals surface area contributed by atoms with Crippen molar-refractivity contribution < 1.29 is 23.9 Å². The summed E-state index contributed by atoms with van der Waals surface area (Å²) in [5.41, 5.74) is 2.59. The second-order valence-corrected chi connectivity index (χ2v) is 8.01. The molecule has 0 bridgehead atoms. The summed E-state index contributed by atoms with van der Waals surface area (Å²) in [5.74, 6) is -0.143. The number of nitrogens with one attached hydrogen (secondary N) is 1. The Hall–Kier alpha value is -4.07. The molecule has 4 rings (SSSR count). The normalized spacial score (nSPS) is 15.2. The van der Waals surface area contributed by atoms with Crippen molar-refractivity contribution in [2.24, 2.45) is 0 Å². The molecule has 1 N–H and O–H groups in total. The highest BCUT2D eigenvalue weighted by Gasteiger charge is 2.35. The van der Waals surface area contributed by atoms with E-state index >= 15 is 0 Å². The smallest absolute Gasteiger partial charge is 0.331 e. The number of urea groups is 1. The number of para-hydroxylation sites is 1. The van der Waals surface area contributed by atoms with Gasteiger partial charge in [-0.05, 0) is 42.7 Å². The zero-order valence-corrected chi connectivity index (χ0v) is 19.5. The number of fused-ring (bicyclic) bond motifs is 1. The van der Waals surface area contributed by atoms with Gasteiger partial charge < -0.3 is 14.0 Å². The van der Waals surface area contributed by atoms with Gasteiger partial charge in [0.25, 0.3) is 11.8 Å². The minimum absolute atomic E-state index is 0.0636. The lowest BCUT2D eigenvalue weighted by molar-refractivity contribution is -0.130. The first kappa shape index (κ1) is 23.1. The van der Waals surface area contributed by atoms with Crippen molar-refractivity contribution in [1.29, 1.82) is 0 Å². The minimum Gasteiger partial charge on any atom is -0.493 e. The summed E-state index contributed by atoms with van der Waals surface area (Å²) < 4.78 is 12.7. The van der Waals surface area contributed by atoms with Crippen LogP contribution in [0.5, 0.6) is 11.5 Å². The molecule has 1 fully saturated rings. The van der Waals surface area contributed by atoms with E-state index in [2.05, 4.69) is 16.8 Å². The summed E-state index contributed by atoms with van der Waals surface area (Å²) in [6.07, 6.45) is 4.86. The van der Waals surface area contributed by atoms with Gasteiger partial charge in [-0.15, -0.1) is 0 Å². The van der Waals surface area contributed by atoms with Crippen LogP contribution in [0.1, 0.15) is 24.5 Å². The van der Waals surface area contributed by atoms with Crippen LogP contribution in [0.3, 0.4) is 0 Å². The van der Waals surface area contributed by atoms with Gasteiger partial charge in [0, 0.05) is 35.8 Å². The molecule has 0 aliphatic carbocycles. The lowest BCUT2D eigenvalue weighted by Crippen LogP contribution is -2.54. The second kappa shape index (κ2) is 9.82. The van der Waals surface area contributed by atoms with Crippen LogP contribution in [0.4, 0.5) is 4.79 Å². The molecule has 1 aliphatic rings. The van der Waals surface area contributed by atoms with E-state index in [0.29, 0.717) is 17.9 Å². The molecule has 1 aliphatic heterocycles. The van der Waals surface area contributed by atoms with Gasteiger partial charge >= 0.3 is 6.03 Å². The summed E-state index contributed by atoms with van der Waals surface area (Å²) in [7, 11) is 3.10. The van der Waals surface area contributed by atoms with Gasteiger partial charge in [-0.3, -0.25) is 19.8 Å². The third-order valence-corrected chi connectivity index (χ3v) is 5.84. The summed E-state index contributed by atoms with van der Waals surface area (Å²) in [6.45, 7) is 3.02. The van der Waals surface area contributed by atoms with E-state index in [1.165, 1.54) is 0 Å². The molecule has 0 atom stereocenters. The third-order valence-electron chi connectivity index (χ3n) is 5.84. The molecule has 2 aromatic carbocycles. The number of carbonyl (C=O) groups excluding carboxylic acids is 3. The van der Waals surface area contributed by atoms with Crippen LogP contribution in [0, 0.1) is 0 Å². The molecule has 1 saturated heterocycles. The molecular weight excluding hydrogens is 434 g/mol. The maximum atomic E-state index is 13.2. The first-order valence-electron chi connectivity index (χ1n) is 11.1. The fourth-order valence-corrected chi connectivity index (χ4v) is 4.15. The Morgan fingerprint density at radius 2 is 1.74 bits per heavy atom. The molecular formula is C26H27N3O5. The van der Waals surface area contributed by atoms with Crippen molar-refractivity contribution in [3.05, 3.63) is 65.4 Å². The number of barbiturate groups is 1. The fraction of sp³-hybridized carbons (Fsp3) is 0.269. The number of aromatic nitrogens is 1. The zero-order valence-electron chi connectivity index (χ0n) is 19.5. The summed E-state index contributed by atoms with van der Waals surface area (Å²) >= 11 is 0. The Balaban J connectivity index is 1.60. The van der Waals surface area contributed by atoms with E-state index in [1.54, 1.807) is 32.4 Å². The second-order valence-electron chi connectivity index (χ2n) is 8.01. The topological polar surface area (TPSA) is 89.9 Å². The van der Waals surface area contributed by atoms with Crippen LogP contribution < -0.4 is 14.8 Å². The van der Waals surface area contributed by atoms with Crippen LogP contribution in [-0.2, 0) is 22.6 Å². The Bertz CT molecular complexity index is 1290. The molecule has 8 nitrogen and oxygen atoms in total. The lowest BCUT2D eigenvalue weighted by Gasteiger charge is -2.26. The lowest BCUT2D eigenvalue weighted by atomic mass is 10.1. The summed E-state index contributed by atoms with van der Waals surface area (Å²) in [6, 6.07) is 12.5. The van der Waals surface area contributed by atoms with Crippen LogP contribution in [-0.4, -0.2) is 48.1 Å². The van der Waals surface area contributed by atoms with E-state index in [1.807, 2.05) is 36.5 Å². The van der Waals surface area contributed by atoms with Crippen molar-refractivity contribution in [3.63, 3.8) is 0 Å². The molecule has 0 unspecified atom stereocenters. The number of ether oxygens (including phenoxy) is 2. The van der Waals surface area contributed by atoms with E-state index < -0.39 is 17.8 Å². The Labute approximate surface area is 197 Å². The molecule has 34 heavy (non-hydrogen) atoms. The quantitative estimate of drug-likeness (QED) is 0.407. The number of imide groups is 2. The SMILES string of the molecule is CCCn1cc(C=C2C(=O)NC(=O)N(CCc3ccc(OC)c(OC)c3)C2=O)c2ccccc21. The number of amides is 4. The standard InChI is InChI=1S/C26H27N3O5/c1-4-12-28-16-18(19-7-5-6-8-21(19)28)15-20-24(30)27-26(32)29(25(20)31)13-11-17-9-10-22(33-2)23(14-17)34-3/h5-10,14-16H,4,11-13H2,1-3H3,(H,27,30,32). The number of hydrogen-bond donors (Lipinski definition) is 1. The van der Waals surface area contributed by atoms with Crippen LogP contribution in [0.15, 0.2) is 54.2 Å². The molecule has 2 heterocycles. The number of rotatable bonds is 8. The zero-order chi connectivity index (χ0) is 24.2. The third kappa shape index (κ3) is 4.39. The molecule has 0 saturated carbocycles. The average Bonchev–Trinajstić information content (AvgIpc) is 3.19. The molecule has 1 aromatic heterocycles. The predicted octanol–water partition coefficient (Wildman–Crippen LogP) is 3.77. The van der Waals surface area contributed by atoms with Crippen molar-refractivity contribution in [1.82, 2.24) is 14.8 Å². The maximum absolute atomic E-state index is 13.2. The van der Waals surface area contributed by atoms with Crippen LogP contribution >= 0.6 is 0 Å². The van der Waals surface area contributed by atoms with E-state index in [4.69, 9.17) is 9.47 Å². The van der Waals surface area contributed by atoms with Gasteiger partial charge in [0.05, 0.1) is 14.2 Å². The molecule has 8 heteroatoms. The van der Waals surface area contributed by atoms with Gasteiger partial charge in [0.2, 0.25) is 0 Å². The molecule has 4 amide bonds. The molecule has 0 radical (unpaired) electrons. The van der Waals surface area contributed by atoms with E-state index in [-0.39, 0.29) is 12.1 Å². The van der Waals surface area contributed by atoms with Crippen LogP contribution in [0.25, 0.3) is 17.0 Å². The number of methoxy groups -OCH3 is 2. The van der Waals surface area contributed by atoms with Gasteiger partial charge in [0.15, 0.2) is 11.5 Å². The summed E-state index contributed by atoms with van der Waals surface area (Å²) in [5, 5.41) is 3.24.